The molecule has 1 atom stereocenters. The summed E-state index contributed by atoms with van der Waals surface area (Å²) in [5.74, 6) is 0. The zero-order valence-electron chi connectivity index (χ0n) is 11.4. The molecule has 0 spiro atoms. The van der Waals surface area contributed by atoms with Gasteiger partial charge in [0.1, 0.15) is 17.3 Å². The fourth-order valence-corrected chi connectivity index (χ4v) is 1.74. The molecule has 0 amide bonds. The van der Waals surface area contributed by atoms with Gasteiger partial charge < -0.3 is 10.2 Å². The average Bonchev–Trinajstić information content (AvgIpc) is 2.35. The Hall–Kier alpha value is -2.13. The number of nitro groups is 1. The first-order valence-electron chi connectivity index (χ1n) is 6.04. The molecule has 0 bridgehead atoms. The molecule has 0 radical (unpaired) electrons. The predicted octanol–water partition coefficient (Wildman–Crippen LogP) is 2.22. The van der Waals surface area contributed by atoms with E-state index in [-0.39, 0.29) is 17.3 Å². The van der Waals surface area contributed by atoms with Gasteiger partial charge in [-0.2, -0.15) is 5.26 Å². The predicted molar refractivity (Wildman–Crippen MR) is 74.1 cm³/mol. The smallest absolute Gasteiger partial charge is 0.309 e. The Morgan fingerprint density at radius 1 is 1.53 bits per heavy atom. The first-order valence-corrected chi connectivity index (χ1v) is 6.04. The summed E-state index contributed by atoms with van der Waals surface area (Å²) >= 11 is 0. The molecule has 1 unspecified atom stereocenters. The molecule has 102 valence electrons. The van der Waals surface area contributed by atoms with Gasteiger partial charge in [0.05, 0.1) is 4.92 Å². The Morgan fingerprint density at radius 3 is 2.74 bits per heavy atom. The maximum absolute atomic E-state index is 11.1. The second-order valence-electron chi connectivity index (χ2n) is 4.71. The molecular weight excluding hydrogens is 244 g/mol. The summed E-state index contributed by atoms with van der Waals surface area (Å²) < 4.78 is 0. The van der Waals surface area contributed by atoms with Gasteiger partial charge in [-0.1, -0.05) is 6.07 Å². The van der Waals surface area contributed by atoms with Crippen LogP contribution >= 0.6 is 0 Å². The molecule has 0 saturated carbocycles. The van der Waals surface area contributed by atoms with Crippen molar-refractivity contribution in [2.24, 2.45) is 0 Å². The fraction of sp³-hybridized carbons (Fsp3) is 0.462. The monoisotopic (exact) mass is 262 g/mol. The van der Waals surface area contributed by atoms with Crippen LogP contribution < -0.4 is 5.32 Å². The lowest BCUT2D eigenvalue weighted by Crippen LogP contribution is -2.23. The molecular formula is C13H18N4O2. The highest BCUT2D eigenvalue weighted by atomic mass is 16.6. The Morgan fingerprint density at radius 2 is 2.21 bits per heavy atom. The number of hydrogen-bond donors (Lipinski definition) is 1. The van der Waals surface area contributed by atoms with E-state index in [0.717, 1.165) is 13.0 Å². The first kappa shape index (κ1) is 14.9. The zero-order valence-corrected chi connectivity index (χ0v) is 11.4. The Bertz CT molecular complexity index is 494. The van der Waals surface area contributed by atoms with Crippen molar-refractivity contribution < 1.29 is 4.92 Å². The van der Waals surface area contributed by atoms with E-state index in [9.17, 15) is 10.1 Å². The largest absolute Gasteiger partial charge is 0.377 e. The van der Waals surface area contributed by atoms with Crippen LogP contribution in [0.15, 0.2) is 18.2 Å². The van der Waals surface area contributed by atoms with Crippen LogP contribution in [-0.2, 0) is 0 Å². The van der Waals surface area contributed by atoms with Gasteiger partial charge >= 0.3 is 5.69 Å². The molecule has 0 fully saturated rings. The summed E-state index contributed by atoms with van der Waals surface area (Å²) in [6.45, 7) is 2.85. The van der Waals surface area contributed by atoms with Crippen molar-refractivity contribution in [3.05, 3.63) is 33.9 Å². The third kappa shape index (κ3) is 4.23. The van der Waals surface area contributed by atoms with Crippen molar-refractivity contribution in [3.8, 4) is 6.07 Å². The molecule has 19 heavy (non-hydrogen) atoms. The number of para-hydroxylation sites is 1. The Kier molecular flexibility index (Phi) is 5.27. The highest BCUT2D eigenvalue weighted by Gasteiger charge is 2.20. The summed E-state index contributed by atoms with van der Waals surface area (Å²) in [4.78, 5) is 12.6. The van der Waals surface area contributed by atoms with Crippen molar-refractivity contribution in [2.75, 3.05) is 26.0 Å². The minimum absolute atomic E-state index is 0.0785. The molecule has 1 rings (SSSR count). The number of nitro benzene ring substituents is 1. The number of benzene rings is 1. The topological polar surface area (TPSA) is 82.2 Å². The first-order chi connectivity index (χ1) is 8.95. The molecule has 6 nitrogen and oxygen atoms in total. The van der Waals surface area contributed by atoms with Crippen LogP contribution in [-0.4, -0.2) is 36.5 Å². The Balaban J connectivity index is 2.89. The Labute approximate surface area is 112 Å². The third-order valence-corrected chi connectivity index (χ3v) is 2.75. The maximum atomic E-state index is 11.1. The summed E-state index contributed by atoms with van der Waals surface area (Å²) in [6, 6.07) is 6.67. The van der Waals surface area contributed by atoms with Crippen LogP contribution in [0.4, 0.5) is 11.4 Å². The summed E-state index contributed by atoms with van der Waals surface area (Å²) in [7, 11) is 3.96. The van der Waals surface area contributed by atoms with Crippen LogP contribution in [0.3, 0.4) is 0 Å². The molecule has 0 aromatic heterocycles. The number of rotatable bonds is 6. The molecule has 1 N–H and O–H groups in total. The molecule has 0 aliphatic carbocycles. The second-order valence-corrected chi connectivity index (χ2v) is 4.71. The van der Waals surface area contributed by atoms with Crippen molar-refractivity contribution in [2.45, 2.75) is 19.4 Å². The van der Waals surface area contributed by atoms with Gasteiger partial charge in [-0.15, -0.1) is 0 Å². The number of hydrogen-bond acceptors (Lipinski definition) is 5. The molecule has 0 aliphatic heterocycles. The van der Waals surface area contributed by atoms with Crippen LogP contribution in [0.1, 0.15) is 18.9 Å². The van der Waals surface area contributed by atoms with Crippen LogP contribution in [0.2, 0.25) is 0 Å². The second kappa shape index (κ2) is 6.71. The van der Waals surface area contributed by atoms with Gasteiger partial charge in [-0.25, -0.2) is 0 Å². The summed E-state index contributed by atoms with van der Waals surface area (Å²) in [5, 5.41) is 23.1. The number of nitrogens with zero attached hydrogens (tertiary/aromatic N) is 3. The van der Waals surface area contributed by atoms with Crippen LogP contribution in [0, 0.1) is 21.4 Å². The highest BCUT2D eigenvalue weighted by molar-refractivity contribution is 5.68. The van der Waals surface area contributed by atoms with E-state index in [1.165, 1.54) is 6.07 Å². The SMILES string of the molecule is CC(CCN(C)C)Nc1cccc(C#N)c1[N+](=O)[O-]. The van der Waals surface area contributed by atoms with Gasteiger partial charge in [-0.3, -0.25) is 10.1 Å². The molecule has 1 aromatic rings. The van der Waals surface area contributed by atoms with Crippen molar-refractivity contribution in [1.29, 1.82) is 5.26 Å². The molecule has 0 aliphatic rings. The van der Waals surface area contributed by atoms with E-state index in [4.69, 9.17) is 5.26 Å². The minimum atomic E-state index is -0.514. The lowest BCUT2D eigenvalue weighted by molar-refractivity contribution is -0.384. The third-order valence-electron chi connectivity index (χ3n) is 2.75. The highest BCUT2D eigenvalue weighted by Crippen LogP contribution is 2.28. The molecule has 0 heterocycles. The van der Waals surface area contributed by atoms with E-state index in [1.54, 1.807) is 12.1 Å². The van der Waals surface area contributed by atoms with Crippen molar-refractivity contribution in [1.82, 2.24) is 4.90 Å². The number of nitriles is 1. The van der Waals surface area contributed by atoms with Crippen molar-refractivity contribution in [3.63, 3.8) is 0 Å². The number of nitrogens with one attached hydrogen (secondary N) is 1. The van der Waals surface area contributed by atoms with Crippen LogP contribution in [0.25, 0.3) is 0 Å². The van der Waals surface area contributed by atoms with E-state index >= 15 is 0 Å². The summed E-state index contributed by atoms with van der Waals surface area (Å²) in [6.07, 6.45) is 0.862. The van der Waals surface area contributed by atoms with Crippen LogP contribution in [0.5, 0.6) is 0 Å². The van der Waals surface area contributed by atoms with E-state index in [2.05, 4.69) is 10.2 Å². The van der Waals surface area contributed by atoms with Gasteiger partial charge in [0.25, 0.3) is 0 Å². The average molecular weight is 262 g/mol. The zero-order chi connectivity index (χ0) is 14.4. The molecule has 1 aromatic carbocycles. The fourth-order valence-electron chi connectivity index (χ4n) is 1.74. The number of anilines is 1. The standard InChI is InChI=1S/C13H18N4O2/c1-10(7-8-16(2)3)15-12-6-4-5-11(9-14)13(12)17(18)19/h4-6,10,15H,7-8H2,1-3H3. The van der Waals surface area contributed by atoms with Crippen molar-refractivity contribution >= 4 is 11.4 Å². The normalized spacial score (nSPS) is 11.9. The van der Waals surface area contributed by atoms with Gasteiger partial charge in [-0.05, 0) is 46.1 Å². The quantitative estimate of drug-likeness (QED) is 0.628. The van der Waals surface area contributed by atoms with Gasteiger partial charge in [0.2, 0.25) is 0 Å². The molecule has 6 heteroatoms. The summed E-state index contributed by atoms with van der Waals surface area (Å²) in [5.41, 5.74) is 0.326. The van der Waals surface area contributed by atoms with E-state index in [0.29, 0.717) is 5.69 Å². The van der Waals surface area contributed by atoms with E-state index in [1.807, 2.05) is 27.1 Å². The lowest BCUT2D eigenvalue weighted by Gasteiger charge is -2.17. The van der Waals surface area contributed by atoms with Gasteiger partial charge in [0, 0.05) is 6.04 Å². The van der Waals surface area contributed by atoms with Gasteiger partial charge in [0.15, 0.2) is 0 Å². The van der Waals surface area contributed by atoms with E-state index < -0.39 is 4.92 Å². The maximum Gasteiger partial charge on any atom is 0.309 e. The lowest BCUT2D eigenvalue weighted by atomic mass is 10.1. The minimum Gasteiger partial charge on any atom is -0.377 e. The molecule has 0 saturated heterocycles.